The molecule has 10 nitrogen and oxygen atoms in total. The first-order valence-electron chi connectivity index (χ1n) is 11.7. The molecule has 186 valence electrons. The summed E-state index contributed by atoms with van der Waals surface area (Å²) in [7, 11) is 1.92. The first-order chi connectivity index (χ1) is 16.3. The summed E-state index contributed by atoms with van der Waals surface area (Å²) in [6.45, 7) is 6.07. The number of aromatic nitrogens is 3. The maximum atomic E-state index is 13.0. The van der Waals surface area contributed by atoms with Gasteiger partial charge in [-0.3, -0.25) is 14.4 Å². The molecule has 2 aromatic rings. The molecule has 1 amide bonds. The molecule has 0 radical (unpaired) electrons. The van der Waals surface area contributed by atoms with E-state index in [-0.39, 0.29) is 42.7 Å². The zero-order valence-electron chi connectivity index (χ0n) is 20.1. The number of benzene rings is 1. The van der Waals surface area contributed by atoms with E-state index < -0.39 is 5.97 Å². The molecule has 0 spiro atoms. The lowest BCUT2D eigenvalue weighted by molar-refractivity contribution is -0.136. The van der Waals surface area contributed by atoms with Crippen LogP contribution in [-0.2, 0) is 29.2 Å². The molecular formula is C24H35N5O5. The first kappa shape index (κ1) is 25.8. The van der Waals surface area contributed by atoms with Crippen LogP contribution in [0.4, 0.5) is 0 Å². The zero-order valence-corrected chi connectivity index (χ0v) is 20.1. The van der Waals surface area contributed by atoms with Crippen LogP contribution in [0.5, 0.6) is 0 Å². The number of carbonyl (C=O) groups excluding carboxylic acids is 1. The number of carboxylic acids is 1. The van der Waals surface area contributed by atoms with E-state index in [1.807, 2.05) is 44.1 Å². The van der Waals surface area contributed by atoms with Crippen molar-refractivity contribution in [1.29, 1.82) is 0 Å². The smallest absolute Gasteiger partial charge is 0.336 e. The van der Waals surface area contributed by atoms with Gasteiger partial charge in [0.15, 0.2) is 0 Å². The third-order valence-corrected chi connectivity index (χ3v) is 6.22. The highest BCUT2D eigenvalue weighted by Gasteiger charge is 2.28. The topological polar surface area (TPSA) is 121 Å². The molecule has 0 saturated heterocycles. The van der Waals surface area contributed by atoms with Gasteiger partial charge in [-0.15, -0.1) is 5.10 Å². The van der Waals surface area contributed by atoms with Gasteiger partial charge in [-0.25, -0.2) is 4.79 Å². The molecule has 1 aliphatic rings. The third-order valence-electron chi connectivity index (χ3n) is 6.22. The molecule has 0 fully saturated rings. The van der Waals surface area contributed by atoms with Crippen LogP contribution >= 0.6 is 0 Å². The molecule has 3 rings (SSSR count). The molecule has 2 heterocycles. The monoisotopic (exact) mass is 473 g/mol. The second kappa shape index (κ2) is 12.0. The number of carbonyl (C=O) groups is 2. The highest BCUT2D eigenvalue weighted by molar-refractivity contribution is 5.89. The van der Waals surface area contributed by atoms with Crippen LogP contribution < -0.4 is 0 Å². The molecule has 34 heavy (non-hydrogen) atoms. The normalized spacial score (nSPS) is 21.0. The number of aryl methyl sites for hydroxylation is 1. The molecule has 1 aliphatic heterocycles. The van der Waals surface area contributed by atoms with Crippen molar-refractivity contribution in [2.75, 3.05) is 26.7 Å². The van der Waals surface area contributed by atoms with Gasteiger partial charge in [0.25, 0.3) is 0 Å². The molecule has 0 unspecified atom stereocenters. The molecule has 0 saturated carbocycles. The number of ether oxygens (including phenoxy) is 1. The van der Waals surface area contributed by atoms with Gasteiger partial charge < -0.3 is 19.8 Å². The van der Waals surface area contributed by atoms with Crippen molar-refractivity contribution in [3.63, 3.8) is 0 Å². The minimum atomic E-state index is -0.953. The summed E-state index contributed by atoms with van der Waals surface area (Å²) in [6, 6.07) is 6.67. The van der Waals surface area contributed by atoms with Crippen LogP contribution in [0, 0.1) is 5.92 Å². The minimum Gasteiger partial charge on any atom is -0.478 e. The van der Waals surface area contributed by atoms with Crippen molar-refractivity contribution in [3.8, 4) is 0 Å². The van der Waals surface area contributed by atoms with Gasteiger partial charge in [0, 0.05) is 38.5 Å². The van der Waals surface area contributed by atoms with Gasteiger partial charge in [0.05, 0.1) is 37.1 Å². The quantitative estimate of drug-likeness (QED) is 0.623. The lowest BCUT2D eigenvalue weighted by Gasteiger charge is -2.35. The first-order valence-corrected chi connectivity index (χ1v) is 11.7. The summed E-state index contributed by atoms with van der Waals surface area (Å²) in [5, 5.41) is 27.5. The molecule has 2 bridgehead atoms. The second-order valence-electron chi connectivity index (χ2n) is 9.14. The molecule has 1 aromatic heterocycles. The number of fused-ring (bicyclic) bond motifs is 2. The van der Waals surface area contributed by atoms with Gasteiger partial charge in [0.1, 0.15) is 5.69 Å². The van der Waals surface area contributed by atoms with Crippen molar-refractivity contribution in [2.24, 2.45) is 5.92 Å². The standard InChI is InChI=1S/C24H35N5O5/c1-17-11-29(18(2)15-30)23(31)9-6-10-28-13-20(25-26-28)16-34-22(17)14-27(3)12-19-7-4-5-8-21(19)24(32)33/h4-5,7-8,13,17-18,22,30H,6,9-12,14-16H2,1-3H3,(H,32,33)/t17-,18-,22-/m1/s1. The largest absolute Gasteiger partial charge is 0.478 e. The fourth-order valence-electron chi connectivity index (χ4n) is 4.22. The Morgan fingerprint density at radius 1 is 1.35 bits per heavy atom. The number of hydrogen-bond acceptors (Lipinski definition) is 7. The average Bonchev–Trinajstić information content (AvgIpc) is 3.26. The van der Waals surface area contributed by atoms with E-state index in [1.54, 1.807) is 21.7 Å². The number of aliphatic hydroxyl groups excluding tert-OH is 1. The van der Waals surface area contributed by atoms with Crippen LogP contribution in [0.15, 0.2) is 30.5 Å². The van der Waals surface area contributed by atoms with E-state index in [0.717, 1.165) is 11.3 Å². The number of aliphatic hydroxyl groups is 1. The van der Waals surface area contributed by atoms with E-state index in [1.165, 1.54) is 0 Å². The number of amides is 1. The summed E-state index contributed by atoms with van der Waals surface area (Å²) in [6.07, 6.45) is 2.59. The molecule has 0 aliphatic carbocycles. The SMILES string of the molecule is C[C@@H]1CN([C@H](C)CO)C(=O)CCCn2cc(nn2)CO[C@@H]1CN(C)Cc1ccccc1C(=O)O. The Balaban J connectivity index is 1.79. The Hall–Kier alpha value is -2.82. The Labute approximate surface area is 200 Å². The average molecular weight is 474 g/mol. The summed E-state index contributed by atoms with van der Waals surface area (Å²) >= 11 is 0. The summed E-state index contributed by atoms with van der Waals surface area (Å²) in [4.78, 5) is 28.3. The van der Waals surface area contributed by atoms with Gasteiger partial charge in [-0.05, 0) is 32.0 Å². The van der Waals surface area contributed by atoms with Gasteiger partial charge in [0.2, 0.25) is 5.91 Å². The fraction of sp³-hybridized carbons (Fsp3) is 0.583. The summed E-state index contributed by atoms with van der Waals surface area (Å²) < 4.78 is 7.99. The minimum absolute atomic E-state index is 0.00419. The van der Waals surface area contributed by atoms with Crippen molar-refractivity contribution < 1.29 is 24.5 Å². The van der Waals surface area contributed by atoms with Crippen LogP contribution in [0.2, 0.25) is 0 Å². The number of aromatic carboxylic acids is 1. The maximum absolute atomic E-state index is 13.0. The molecule has 3 atom stereocenters. The van der Waals surface area contributed by atoms with E-state index in [4.69, 9.17) is 4.74 Å². The Bertz CT molecular complexity index is 965. The highest BCUT2D eigenvalue weighted by atomic mass is 16.5. The molecule has 1 aromatic carbocycles. The van der Waals surface area contributed by atoms with Crippen LogP contribution in [-0.4, -0.2) is 85.8 Å². The van der Waals surface area contributed by atoms with Crippen molar-refractivity contribution in [1.82, 2.24) is 24.8 Å². The van der Waals surface area contributed by atoms with Gasteiger partial charge >= 0.3 is 5.97 Å². The van der Waals surface area contributed by atoms with Crippen LogP contribution in [0.3, 0.4) is 0 Å². The lowest BCUT2D eigenvalue weighted by Crippen LogP contribution is -2.47. The number of likely N-dealkylation sites (N-methyl/N-ethyl adjacent to an activating group) is 1. The van der Waals surface area contributed by atoms with Crippen LogP contribution in [0.25, 0.3) is 0 Å². The Kier molecular flexibility index (Phi) is 9.14. The summed E-state index contributed by atoms with van der Waals surface area (Å²) in [5.74, 6) is -0.993. The second-order valence-corrected chi connectivity index (χ2v) is 9.14. The van der Waals surface area contributed by atoms with Gasteiger partial charge in [-0.2, -0.15) is 0 Å². The zero-order chi connectivity index (χ0) is 24.7. The number of carboxylic acid groups (broad SMARTS) is 1. The number of hydrogen-bond donors (Lipinski definition) is 2. The Morgan fingerprint density at radius 2 is 2.12 bits per heavy atom. The predicted molar refractivity (Wildman–Crippen MR) is 125 cm³/mol. The van der Waals surface area contributed by atoms with Crippen molar-refractivity contribution in [2.45, 2.75) is 58.5 Å². The molecule has 10 heteroatoms. The highest BCUT2D eigenvalue weighted by Crippen LogP contribution is 2.19. The summed E-state index contributed by atoms with van der Waals surface area (Å²) in [5.41, 5.74) is 1.73. The Morgan fingerprint density at radius 3 is 2.85 bits per heavy atom. The lowest BCUT2D eigenvalue weighted by atomic mass is 10.0. The maximum Gasteiger partial charge on any atom is 0.336 e. The van der Waals surface area contributed by atoms with E-state index in [0.29, 0.717) is 39.0 Å². The number of nitrogens with zero attached hydrogens (tertiary/aromatic N) is 5. The third kappa shape index (κ3) is 6.85. The van der Waals surface area contributed by atoms with E-state index in [2.05, 4.69) is 10.3 Å². The van der Waals surface area contributed by atoms with Crippen molar-refractivity contribution in [3.05, 3.63) is 47.3 Å². The number of rotatable bonds is 7. The van der Waals surface area contributed by atoms with E-state index in [9.17, 15) is 19.8 Å². The predicted octanol–water partition coefficient (Wildman–Crippen LogP) is 1.63. The van der Waals surface area contributed by atoms with E-state index >= 15 is 0 Å². The van der Waals surface area contributed by atoms with Crippen LogP contribution in [0.1, 0.15) is 48.3 Å². The molecular weight excluding hydrogens is 438 g/mol. The van der Waals surface area contributed by atoms with Crippen molar-refractivity contribution >= 4 is 11.9 Å². The molecule has 2 N–H and O–H groups in total. The fourth-order valence-corrected chi connectivity index (χ4v) is 4.22. The van der Waals surface area contributed by atoms with Gasteiger partial charge in [-0.1, -0.05) is 30.3 Å².